The number of carbonyl (C=O) groups excluding carboxylic acids is 2. The number of methoxy groups -OCH3 is 2. The second kappa shape index (κ2) is 8.73. The van der Waals surface area contributed by atoms with Crippen LogP contribution in [0, 0.1) is 5.92 Å². The first-order chi connectivity index (χ1) is 15.3. The largest absolute Gasteiger partial charge is 0.481 e. The van der Waals surface area contributed by atoms with E-state index in [1.54, 1.807) is 21.9 Å². The third-order valence-electron chi connectivity index (χ3n) is 5.89. The van der Waals surface area contributed by atoms with Crippen LogP contribution in [0.3, 0.4) is 0 Å². The average molecular weight is 444 g/mol. The number of likely N-dealkylation sites (tertiary alicyclic amines) is 1. The fourth-order valence-electron chi connectivity index (χ4n) is 4.27. The molecule has 0 unspecified atom stereocenters. The number of rotatable bonds is 5. The number of β-amino-alcohol motifs (C(OH)–C–C–N with tert-alkyl or cyclic N) is 1. The van der Waals surface area contributed by atoms with Crippen molar-refractivity contribution in [3.63, 3.8) is 0 Å². The van der Waals surface area contributed by atoms with Crippen LogP contribution in [0.4, 0.5) is 0 Å². The smallest absolute Gasteiger partial charge is 0.260 e. The molecule has 0 saturated carbocycles. The molecule has 2 aliphatic heterocycles. The molecule has 0 aromatic carbocycles. The minimum absolute atomic E-state index is 0.0768. The number of fused-ring (bicyclic) bond motifs is 1. The third-order valence-corrected chi connectivity index (χ3v) is 5.89. The second-order valence-electron chi connectivity index (χ2n) is 8.31. The first kappa shape index (κ1) is 22.0. The normalized spacial score (nSPS) is 20.4. The summed E-state index contributed by atoms with van der Waals surface area (Å²) in [4.78, 5) is 33.3. The van der Waals surface area contributed by atoms with Gasteiger partial charge in [-0.1, -0.05) is 13.8 Å². The van der Waals surface area contributed by atoms with Crippen molar-refractivity contribution in [1.29, 1.82) is 0 Å². The van der Waals surface area contributed by atoms with Crippen LogP contribution in [-0.4, -0.2) is 79.9 Å². The molecule has 2 aromatic rings. The van der Waals surface area contributed by atoms with Crippen LogP contribution in [0.25, 0.3) is 0 Å². The molecule has 2 aromatic heterocycles. The zero-order valence-corrected chi connectivity index (χ0v) is 18.7. The monoisotopic (exact) mass is 444 g/mol. The molecule has 4 rings (SSSR count). The Kier molecular flexibility index (Phi) is 6.00. The predicted molar refractivity (Wildman–Crippen MR) is 112 cm³/mol. The van der Waals surface area contributed by atoms with Crippen molar-refractivity contribution in [3.05, 3.63) is 29.3 Å². The van der Waals surface area contributed by atoms with E-state index < -0.39 is 12.1 Å². The highest BCUT2D eigenvalue weighted by molar-refractivity contribution is 5.97. The maximum absolute atomic E-state index is 13.4. The van der Waals surface area contributed by atoms with E-state index in [2.05, 4.69) is 15.2 Å². The van der Waals surface area contributed by atoms with Crippen molar-refractivity contribution in [2.24, 2.45) is 5.92 Å². The van der Waals surface area contributed by atoms with Crippen LogP contribution in [0.15, 0.2) is 12.1 Å². The number of amides is 2. The summed E-state index contributed by atoms with van der Waals surface area (Å²) in [6.45, 7) is 5.38. The average Bonchev–Trinajstić information content (AvgIpc) is 3.39. The maximum atomic E-state index is 13.4. The molecule has 2 aliphatic rings. The van der Waals surface area contributed by atoms with Gasteiger partial charge in [-0.3, -0.25) is 9.59 Å². The molecule has 0 aliphatic carbocycles. The van der Waals surface area contributed by atoms with E-state index in [0.29, 0.717) is 43.6 Å². The van der Waals surface area contributed by atoms with Gasteiger partial charge in [0.1, 0.15) is 5.56 Å². The Bertz CT molecular complexity index is 1020. The number of nitrogens with zero attached hydrogens (tertiary/aromatic N) is 6. The summed E-state index contributed by atoms with van der Waals surface area (Å²) in [7, 11) is 2.92. The van der Waals surface area contributed by atoms with E-state index in [-0.39, 0.29) is 35.7 Å². The lowest BCUT2D eigenvalue weighted by atomic mass is 10.1. The molecular formula is C21H28N6O5. The topological polar surface area (TPSA) is 123 Å². The van der Waals surface area contributed by atoms with Gasteiger partial charge in [0.15, 0.2) is 11.6 Å². The molecule has 4 heterocycles. The van der Waals surface area contributed by atoms with Crippen LogP contribution < -0.4 is 9.47 Å². The summed E-state index contributed by atoms with van der Waals surface area (Å²) in [6.07, 6.45) is -0.332. The molecule has 11 nitrogen and oxygen atoms in total. The van der Waals surface area contributed by atoms with E-state index in [1.807, 2.05) is 18.4 Å². The maximum Gasteiger partial charge on any atom is 0.260 e. The van der Waals surface area contributed by atoms with Gasteiger partial charge >= 0.3 is 0 Å². The Hall–Kier alpha value is -3.21. The Morgan fingerprint density at radius 2 is 1.94 bits per heavy atom. The molecule has 32 heavy (non-hydrogen) atoms. The minimum Gasteiger partial charge on any atom is -0.481 e. The van der Waals surface area contributed by atoms with E-state index >= 15 is 0 Å². The summed E-state index contributed by atoms with van der Waals surface area (Å²) in [6, 6.07) is 2.75. The van der Waals surface area contributed by atoms with Crippen LogP contribution >= 0.6 is 0 Å². The zero-order valence-electron chi connectivity index (χ0n) is 18.7. The molecule has 11 heteroatoms. The molecular weight excluding hydrogens is 416 g/mol. The molecule has 2 amide bonds. The lowest BCUT2D eigenvalue weighted by Crippen LogP contribution is -2.41. The lowest BCUT2D eigenvalue weighted by Gasteiger charge is -2.31. The first-order valence-electron chi connectivity index (χ1n) is 10.6. The Balaban J connectivity index is 1.61. The van der Waals surface area contributed by atoms with Gasteiger partial charge in [-0.2, -0.15) is 4.98 Å². The SMILES string of the molecule is COc1ccc(C(=O)N2C[C@@H](O)C[C@H]2c2nnc3n2CCN(C(=O)C(C)C)C3)c(OC)n1. The molecule has 1 saturated heterocycles. The van der Waals surface area contributed by atoms with Crippen LogP contribution in [0.2, 0.25) is 0 Å². The van der Waals surface area contributed by atoms with E-state index in [0.717, 1.165) is 0 Å². The van der Waals surface area contributed by atoms with Gasteiger partial charge in [0.05, 0.1) is 32.9 Å². The number of hydrogen-bond acceptors (Lipinski definition) is 8. The quantitative estimate of drug-likeness (QED) is 0.713. The summed E-state index contributed by atoms with van der Waals surface area (Å²) >= 11 is 0. The Morgan fingerprint density at radius 3 is 2.62 bits per heavy atom. The van der Waals surface area contributed by atoms with Crippen molar-refractivity contribution < 1.29 is 24.2 Å². The fraction of sp³-hybridized carbons (Fsp3) is 0.571. The van der Waals surface area contributed by atoms with E-state index in [4.69, 9.17) is 9.47 Å². The number of aliphatic hydroxyl groups is 1. The molecule has 0 bridgehead atoms. The third kappa shape index (κ3) is 3.88. The van der Waals surface area contributed by atoms with Gasteiger partial charge in [-0.25, -0.2) is 0 Å². The lowest BCUT2D eigenvalue weighted by molar-refractivity contribution is -0.136. The molecule has 2 atom stereocenters. The number of carbonyl (C=O) groups is 2. The number of pyridine rings is 1. The molecule has 1 fully saturated rings. The summed E-state index contributed by atoms with van der Waals surface area (Å²) in [5.41, 5.74) is 0.277. The first-order valence-corrected chi connectivity index (χ1v) is 10.6. The van der Waals surface area contributed by atoms with Crippen LogP contribution in [0.5, 0.6) is 11.8 Å². The van der Waals surface area contributed by atoms with Gasteiger partial charge in [0.2, 0.25) is 17.7 Å². The summed E-state index contributed by atoms with van der Waals surface area (Å²) in [5, 5.41) is 19.0. The van der Waals surface area contributed by atoms with Crippen molar-refractivity contribution in [2.75, 3.05) is 27.3 Å². The number of hydrogen-bond donors (Lipinski definition) is 1. The van der Waals surface area contributed by atoms with Crippen molar-refractivity contribution in [1.82, 2.24) is 29.5 Å². The number of aliphatic hydroxyl groups excluding tert-OH is 1. The van der Waals surface area contributed by atoms with Gasteiger partial charge in [-0.15, -0.1) is 10.2 Å². The zero-order chi connectivity index (χ0) is 23.0. The van der Waals surface area contributed by atoms with Gasteiger partial charge in [0.25, 0.3) is 5.91 Å². The van der Waals surface area contributed by atoms with Gasteiger partial charge < -0.3 is 28.9 Å². The highest BCUT2D eigenvalue weighted by Gasteiger charge is 2.41. The second-order valence-corrected chi connectivity index (χ2v) is 8.31. The van der Waals surface area contributed by atoms with Gasteiger partial charge in [-0.05, 0) is 6.07 Å². The van der Waals surface area contributed by atoms with Crippen LogP contribution in [0.1, 0.15) is 48.3 Å². The summed E-state index contributed by atoms with van der Waals surface area (Å²) in [5.74, 6) is 1.45. The predicted octanol–water partition coefficient (Wildman–Crippen LogP) is 0.637. The van der Waals surface area contributed by atoms with Crippen molar-refractivity contribution in [2.45, 2.75) is 45.5 Å². The highest BCUT2D eigenvalue weighted by atomic mass is 16.5. The van der Waals surface area contributed by atoms with E-state index in [9.17, 15) is 14.7 Å². The summed E-state index contributed by atoms with van der Waals surface area (Å²) < 4.78 is 12.4. The highest BCUT2D eigenvalue weighted by Crippen LogP contribution is 2.35. The number of aromatic nitrogens is 4. The molecule has 1 N–H and O–H groups in total. The van der Waals surface area contributed by atoms with Crippen LogP contribution in [-0.2, 0) is 17.9 Å². The minimum atomic E-state index is -0.684. The van der Waals surface area contributed by atoms with Crippen molar-refractivity contribution in [3.8, 4) is 11.8 Å². The van der Waals surface area contributed by atoms with Crippen molar-refractivity contribution >= 4 is 11.8 Å². The van der Waals surface area contributed by atoms with E-state index in [1.165, 1.54) is 14.2 Å². The Morgan fingerprint density at radius 1 is 1.16 bits per heavy atom. The standard InChI is InChI=1S/C21H28N6O5/c1-12(2)20(29)25-7-8-26-16(11-25)23-24-18(26)15-9-13(28)10-27(15)21(30)14-5-6-17(31-3)22-19(14)32-4/h5-6,12-13,15,28H,7-11H2,1-4H3/t13-,15-/m0/s1. The molecule has 172 valence electrons. The number of ether oxygens (including phenoxy) is 2. The van der Waals surface area contributed by atoms with Gasteiger partial charge in [0, 0.05) is 38.0 Å². The molecule has 0 spiro atoms. The fourth-order valence-corrected chi connectivity index (χ4v) is 4.27. The molecule has 0 radical (unpaired) electrons. The Labute approximate surface area is 185 Å².